The number of halogens is 1. The molecule has 0 spiro atoms. The molecule has 7 heteroatoms. The van der Waals surface area contributed by atoms with Crippen LogP contribution < -0.4 is 15.4 Å². The van der Waals surface area contributed by atoms with E-state index in [1.165, 1.54) is 18.9 Å². The molecule has 0 saturated carbocycles. The lowest BCUT2D eigenvalue weighted by atomic mass is 10.2. The van der Waals surface area contributed by atoms with Gasteiger partial charge in [0.25, 0.3) is 0 Å². The molecule has 1 atom stereocenters. The van der Waals surface area contributed by atoms with Crippen molar-refractivity contribution in [3.05, 3.63) is 53.6 Å². The molecule has 0 bridgehead atoms. The first-order valence-corrected chi connectivity index (χ1v) is 9.57. The van der Waals surface area contributed by atoms with Crippen LogP contribution in [0.25, 0.3) is 0 Å². The molecule has 0 saturated heterocycles. The van der Waals surface area contributed by atoms with Crippen molar-refractivity contribution >= 4 is 46.6 Å². The molecule has 0 aromatic heterocycles. The van der Waals surface area contributed by atoms with Crippen LogP contribution in [-0.4, -0.2) is 29.9 Å². The Morgan fingerprint density at radius 2 is 1.88 bits per heavy atom. The van der Waals surface area contributed by atoms with Crippen LogP contribution in [0.1, 0.15) is 13.3 Å². The van der Waals surface area contributed by atoms with E-state index in [1.807, 2.05) is 37.3 Å². The fourth-order valence-corrected chi connectivity index (χ4v) is 3.31. The zero-order valence-corrected chi connectivity index (χ0v) is 16.2. The summed E-state index contributed by atoms with van der Waals surface area (Å²) in [6, 6.07) is 14.2. The number of nitrogens with one attached hydrogen (secondary N) is 2. The first kappa shape index (κ1) is 20.1. The number of amides is 2. The summed E-state index contributed by atoms with van der Waals surface area (Å²) in [6.45, 7) is 1.90. The molecule has 0 fully saturated rings. The highest BCUT2D eigenvalue weighted by molar-refractivity contribution is 8.01. The minimum atomic E-state index is -0.361. The summed E-state index contributed by atoms with van der Waals surface area (Å²) in [5.41, 5.74) is 1.25. The fraction of sp³-hybridized carbons (Fsp3) is 0.263. The van der Waals surface area contributed by atoms with Crippen LogP contribution in [-0.2, 0) is 9.59 Å². The Labute approximate surface area is 162 Å². The third kappa shape index (κ3) is 5.97. The molecule has 5 nitrogen and oxygen atoms in total. The quantitative estimate of drug-likeness (QED) is 0.697. The second-order valence-corrected chi connectivity index (χ2v) is 7.08. The number of hydrogen-bond donors (Lipinski definition) is 2. The SMILES string of the molecule is CCC(SCC(=O)Nc1ccccc1)C(=O)Nc1cc(Cl)ccc1OC. The molecule has 2 amide bonds. The number of ether oxygens (including phenoxy) is 1. The Hall–Kier alpha value is -2.18. The molecule has 2 aromatic carbocycles. The molecule has 2 N–H and O–H groups in total. The van der Waals surface area contributed by atoms with Crippen molar-refractivity contribution in [3.63, 3.8) is 0 Å². The Kier molecular flexibility index (Phi) is 7.81. The van der Waals surface area contributed by atoms with Gasteiger partial charge in [0.15, 0.2) is 0 Å². The van der Waals surface area contributed by atoms with Crippen molar-refractivity contribution in [2.45, 2.75) is 18.6 Å². The molecule has 138 valence electrons. The molecular formula is C19H21ClN2O3S. The van der Waals surface area contributed by atoms with Crippen molar-refractivity contribution < 1.29 is 14.3 Å². The summed E-state index contributed by atoms with van der Waals surface area (Å²) in [4.78, 5) is 24.6. The van der Waals surface area contributed by atoms with Crippen LogP contribution in [0.5, 0.6) is 5.75 Å². The summed E-state index contributed by atoms with van der Waals surface area (Å²) in [6.07, 6.45) is 0.595. The molecule has 0 aliphatic rings. The third-order valence-corrected chi connectivity index (χ3v) is 5.17. The van der Waals surface area contributed by atoms with Gasteiger partial charge in [0.2, 0.25) is 11.8 Å². The van der Waals surface area contributed by atoms with Crippen molar-refractivity contribution in [1.82, 2.24) is 0 Å². The van der Waals surface area contributed by atoms with E-state index in [9.17, 15) is 9.59 Å². The number of methoxy groups -OCH3 is 1. The van der Waals surface area contributed by atoms with E-state index in [1.54, 1.807) is 18.2 Å². The van der Waals surface area contributed by atoms with E-state index in [0.717, 1.165) is 5.69 Å². The van der Waals surface area contributed by atoms with Gasteiger partial charge in [-0.3, -0.25) is 9.59 Å². The second kappa shape index (κ2) is 10.1. The van der Waals surface area contributed by atoms with Gasteiger partial charge >= 0.3 is 0 Å². The number of rotatable bonds is 8. The third-order valence-electron chi connectivity index (χ3n) is 3.56. The highest BCUT2D eigenvalue weighted by Crippen LogP contribution is 2.28. The Morgan fingerprint density at radius 1 is 1.15 bits per heavy atom. The first-order valence-electron chi connectivity index (χ1n) is 8.14. The number of thioether (sulfide) groups is 1. The smallest absolute Gasteiger partial charge is 0.237 e. The zero-order valence-electron chi connectivity index (χ0n) is 14.6. The van der Waals surface area contributed by atoms with Crippen LogP contribution in [0.2, 0.25) is 5.02 Å². The summed E-state index contributed by atoms with van der Waals surface area (Å²) in [7, 11) is 1.53. The molecule has 0 heterocycles. The van der Waals surface area contributed by atoms with Gasteiger partial charge in [-0.05, 0) is 36.8 Å². The van der Waals surface area contributed by atoms with Crippen LogP contribution in [0.4, 0.5) is 11.4 Å². The van der Waals surface area contributed by atoms with Gasteiger partial charge in [0.05, 0.1) is 23.8 Å². The van der Waals surface area contributed by atoms with Crippen LogP contribution >= 0.6 is 23.4 Å². The minimum Gasteiger partial charge on any atom is -0.495 e. The van der Waals surface area contributed by atoms with E-state index >= 15 is 0 Å². The lowest BCUT2D eigenvalue weighted by Gasteiger charge is -2.16. The lowest BCUT2D eigenvalue weighted by Crippen LogP contribution is -2.27. The average molecular weight is 393 g/mol. The monoisotopic (exact) mass is 392 g/mol. The Morgan fingerprint density at radius 3 is 2.54 bits per heavy atom. The van der Waals surface area contributed by atoms with E-state index in [4.69, 9.17) is 16.3 Å². The molecule has 2 rings (SSSR count). The first-order chi connectivity index (χ1) is 12.5. The van der Waals surface area contributed by atoms with Crippen molar-refractivity contribution in [2.24, 2.45) is 0 Å². The van der Waals surface area contributed by atoms with Crippen molar-refractivity contribution in [1.29, 1.82) is 0 Å². The summed E-state index contributed by atoms with van der Waals surface area (Å²) in [5.74, 6) is 0.385. The maximum atomic E-state index is 12.5. The zero-order chi connectivity index (χ0) is 18.9. The van der Waals surface area contributed by atoms with Gasteiger partial charge in [-0.1, -0.05) is 36.7 Å². The number of hydrogen-bond acceptors (Lipinski definition) is 4. The summed E-state index contributed by atoms with van der Waals surface area (Å²) >= 11 is 7.28. The topological polar surface area (TPSA) is 67.4 Å². The summed E-state index contributed by atoms with van der Waals surface area (Å²) < 4.78 is 5.23. The van der Waals surface area contributed by atoms with Crippen molar-refractivity contribution in [3.8, 4) is 5.75 Å². The Bertz CT molecular complexity index is 756. The second-order valence-electron chi connectivity index (χ2n) is 5.46. The van der Waals surface area contributed by atoms with Gasteiger partial charge < -0.3 is 15.4 Å². The predicted molar refractivity (Wildman–Crippen MR) is 108 cm³/mol. The number of anilines is 2. The molecule has 0 radical (unpaired) electrons. The summed E-state index contributed by atoms with van der Waals surface area (Å²) in [5, 5.41) is 5.78. The normalized spacial score (nSPS) is 11.5. The maximum absolute atomic E-state index is 12.5. The molecule has 0 aliphatic carbocycles. The van der Waals surface area contributed by atoms with Gasteiger partial charge in [-0.2, -0.15) is 0 Å². The van der Waals surface area contributed by atoms with E-state index in [0.29, 0.717) is 22.9 Å². The van der Waals surface area contributed by atoms with Crippen LogP contribution in [0.3, 0.4) is 0 Å². The Balaban J connectivity index is 1.92. The largest absolute Gasteiger partial charge is 0.495 e. The fourth-order valence-electron chi connectivity index (χ4n) is 2.26. The van der Waals surface area contributed by atoms with E-state index in [2.05, 4.69) is 10.6 Å². The lowest BCUT2D eigenvalue weighted by molar-refractivity contribution is -0.115. The molecular weight excluding hydrogens is 372 g/mol. The number of benzene rings is 2. The molecule has 2 aromatic rings. The molecule has 0 aliphatic heterocycles. The van der Waals surface area contributed by atoms with Gasteiger partial charge in [-0.15, -0.1) is 11.8 Å². The maximum Gasteiger partial charge on any atom is 0.237 e. The van der Waals surface area contributed by atoms with Crippen LogP contribution in [0.15, 0.2) is 48.5 Å². The van der Waals surface area contributed by atoms with Gasteiger partial charge in [-0.25, -0.2) is 0 Å². The average Bonchev–Trinajstić information content (AvgIpc) is 2.63. The van der Waals surface area contributed by atoms with Crippen LogP contribution in [0, 0.1) is 0 Å². The molecule has 26 heavy (non-hydrogen) atoms. The van der Waals surface area contributed by atoms with Gasteiger partial charge in [0, 0.05) is 10.7 Å². The number of carbonyl (C=O) groups excluding carboxylic acids is 2. The highest BCUT2D eigenvalue weighted by Gasteiger charge is 2.20. The number of carbonyl (C=O) groups is 2. The number of para-hydroxylation sites is 1. The minimum absolute atomic E-state index is 0.146. The predicted octanol–water partition coefficient (Wildman–Crippen LogP) is 4.44. The standard InChI is InChI=1S/C19H21ClN2O3S/c1-3-17(26-12-18(23)21-14-7-5-4-6-8-14)19(24)22-15-11-13(20)9-10-16(15)25-2/h4-11,17H,3,12H2,1-2H3,(H,21,23)(H,22,24). The molecule has 1 unspecified atom stereocenters. The highest BCUT2D eigenvalue weighted by atomic mass is 35.5. The van der Waals surface area contributed by atoms with Gasteiger partial charge in [0.1, 0.15) is 5.75 Å². The van der Waals surface area contributed by atoms with Crippen molar-refractivity contribution in [2.75, 3.05) is 23.5 Å². The van der Waals surface area contributed by atoms with E-state index in [-0.39, 0.29) is 22.8 Å². The van der Waals surface area contributed by atoms with E-state index < -0.39 is 0 Å².